The Hall–Kier alpha value is -2.92. The van der Waals surface area contributed by atoms with Crippen LogP contribution in [0.3, 0.4) is 0 Å². The third-order valence-corrected chi connectivity index (χ3v) is 4.81. The van der Waals surface area contributed by atoms with E-state index in [0.29, 0.717) is 11.1 Å². The zero-order chi connectivity index (χ0) is 18.5. The van der Waals surface area contributed by atoms with E-state index in [-0.39, 0.29) is 5.63 Å². The summed E-state index contributed by atoms with van der Waals surface area (Å²) in [5, 5.41) is 4.92. The molecule has 26 heavy (non-hydrogen) atoms. The molecule has 4 rings (SSSR count). The maximum absolute atomic E-state index is 12.3. The van der Waals surface area contributed by atoms with E-state index in [1.807, 2.05) is 75.4 Å². The lowest BCUT2D eigenvalue weighted by atomic mass is 10.1. The summed E-state index contributed by atoms with van der Waals surface area (Å²) >= 11 is 1.45. The van der Waals surface area contributed by atoms with Crippen molar-refractivity contribution in [2.24, 2.45) is 0 Å². The molecule has 5 heteroatoms. The Morgan fingerprint density at radius 2 is 1.69 bits per heavy atom. The molecule has 0 saturated carbocycles. The standard InChI is InChI=1S/C19H14N2O2S.C2H6/c1-12-17(24-19(20-12)21-14-8-3-2-4-9-14)15-11-13-7-5-6-10-16(13)23-18(15)22;1-2/h2-11H,1H3,(H,20,21);1-2H3. The molecule has 0 saturated heterocycles. The summed E-state index contributed by atoms with van der Waals surface area (Å²) in [5.41, 5.74) is 2.57. The van der Waals surface area contributed by atoms with Gasteiger partial charge in [-0.2, -0.15) is 0 Å². The molecule has 1 N–H and O–H groups in total. The van der Waals surface area contributed by atoms with Gasteiger partial charge in [-0.25, -0.2) is 9.78 Å². The molecule has 0 unspecified atom stereocenters. The van der Waals surface area contributed by atoms with E-state index in [4.69, 9.17) is 4.42 Å². The molecule has 4 aromatic rings. The number of aryl methyl sites for hydroxylation is 1. The summed E-state index contributed by atoms with van der Waals surface area (Å²) in [5.74, 6) is 0. The summed E-state index contributed by atoms with van der Waals surface area (Å²) in [6.07, 6.45) is 0. The second-order valence-electron chi connectivity index (χ2n) is 5.41. The molecule has 2 aromatic heterocycles. The summed E-state index contributed by atoms with van der Waals surface area (Å²) in [6, 6.07) is 19.2. The van der Waals surface area contributed by atoms with E-state index >= 15 is 0 Å². The van der Waals surface area contributed by atoms with Crippen LogP contribution in [-0.4, -0.2) is 4.98 Å². The van der Waals surface area contributed by atoms with Crippen molar-refractivity contribution in [3.05, 3.63) is 76.8 Å². The summed E-state index contributed by atoms with van der Waals surface area (Å²) in [7, 11) is 0. The number of hydrogen-bond donors (Lipinski definition) is 1. The maximum atomic E-state index is 12.3. The van der Waals surface area contributed by atoms with E-state index in [1.54, 1.807) is 6.07 Å². The Labute approximate surface area is 156 Å². The number of fused-ring (bicyclic) bond motifs is 1. The summed E-state index contributed by atoms with van der Waals surface area (Å²) in [6.45, 7) is 5.90. The fourth-order valence-electron chi connectivity index (χ4n) is 2.56. The van der Waals surface area contributed by atoms with E-state index in [0.717, 1.165) is 26.8 Å². The van der Waals surface area contributed by atoms with Crippen molar-refractivity contribution in [3.63, 3.8) is 0 Å². The highest BCUT2D eigenvalue weighted by atomic mass is 32.1. The lowest BCUT2D eigenvalue weighted by Crippen LogP contribution is -2.02. The topological polar surface area (TPSA) is 55.1 Å². The number of hydrogen-bond acceptors (Lipinski definition) is 5. The van der Waals surface area contributed by atoms with Gasteiger partial charge in [-0.05, 0) is 31.2 Å². The van der Waals surface area contributed by atoms with Gasteiger partial charge in [0.05, 0.1) is 16.1 Å². The van der Waals surface area contributed by atoms with Gasteiger partial charge in [0.15, 0.2) is 5.13 Å². The molecule has 2 aromatic carbocycles. The molecule has 0 atom stereocenters. The molecule has 0 radical (unpaired) electrons. The van der Waals surface area contributed by atoms with Crippen LogP contribution < -0.4 is 10.9 Å². The highest BCUT2D eigenvalue weighted by molar-refractivity contribution is 7.19. The van der Waals surface area contributed by atoms with Crippen LogP contribution in [0.15, 0.2) is 69.9 Å². The number of rotatable bonds is 3. The van der Waals surface area contributed by atoms with Gasteiger partial charge in [-0.1, -0.05) is 61.6 Å². The second-order valence-corrected chi connectivity index (χ2v) is 6.41. The number of benzene rings is 2. The highest BCUT2D eigenvalue weighted by Gasteiger charge is 2.15. The molecule has 2 heterocycles. The third-order valence-electron chi connectivity index (χ3n) is 3.71. The first-order valence-corrected chi connectivity index (χ1v) is 9.35. The van der Waals surface area contributed by atoms with Crippen LogP contribution in [0.1, 0.15) is 19.5 Å². The van der Waals surface area contributed by atoms with E-state index in [9.17, 15) is 4.79 Å². The van der Waals surface area contributed by atoms with Crippen molar-refractivity contribution < 1.29 is 4.42 Å². The zero-order valence-corrected chi connectivity index (χ0v) is 15.8. The lowest BCUT2D eigenvalue weighted by Gasteiger charge is -2.01. The molecular formula is C21H20N2O2S. The predicted molar refractivity (Wildman–Crippen MR) is 109 cm³/mol. The second kappa shape index (κ2) is 7.97. The molecule has 0 spiro atoms. The van der Waals surface area contributed by atoms with Crippen molar-refractivity contribution in [3.8, 4) is 10.4 Å². The third kappa shape index (κ3) is 3.68. The smallest absolute Gasteiger partial charge is 0.345 e. The van der Waals surface area contributed by atoms with Crippen LogP contribution in [0.4, 0.5) is 10.8 Å². The zero-order valence-electron chi connectivity index (χ0n) is 14.9. The first-order valence-electron chi connectivity index (χ1n) is 8.53. The van der Waals surface area contributed by atoms with Gasteiger partial charge >= 0.3 is 5.63 Å². The molecule has 0 aliphatic carbocycles. The fourth-order valence-corrected chi connectivity index (χ4v) is 3.56. The first-order chi connectivity index (χ1) is 12.7. The number of anilines is 2. The van der Waals surface area contributed by atoms with E-state index < -0.39 is 0 Å². The first kappa shape index (κ1) is 17.9. The highest BCUT2D eigenvalue weighted by Crippen LogP contribution is 2.33. The number of nitrogens with one attached hydrogen (secondary N) is 1. The molecule has 0 fully saturated rings. The summed E-state index contributed by atoms with van der Waals surface area (Å²) in [4.78, 5) is 17.7. The Morgan fingerprint density at radius 3 is 2.46 bits per heavy atom. The van der Waals surface area contributed by atoms with Crippen molar-refractivity contribution in [1.82, 2.24) is 4.98 Å². The molecular weight excluding hydrogens is 344 g/mol. The minimum absolute atomic E-state index is 0.341. The molecule has 4 nitrogen and oxygen atoms in total. The van der Waals surface area contributed by atoms with Gasteiger partial charge < -0.3 is 9.73 Å². The largest absolute Gasteiger partial charge is 0.422 e. The van der Waals surface area contributed by atoms with Crippen molar-refractivity contribution in [1.29, 1.82) is 0 Å². The van der Waals surface area contributed by atoms with Crippen molar-refractivity contribution >= 4 is 33.1 Å². The van der Waals surface area contributed by atoms with Gasteiger partial charge in [0.25, 0.3) is 0 Å². The van der Waals surface area contributed by atoms with Gasteiger partial charge in [0.2, 0.25) is 0 Å². The SMILES string of the molecule is CC.Cc1nc(Nc2ccccc2)sc1-c1cc2ccccc2oc1=O. The Kier molecular flexibility index (Phi) is 5.49. The Morgan fingerprint density at radius 1 is 1.00 bits per heavy atom. The molecule has 0 aliphatic heterocycles. The van der Waals surface area contributed by atoms with Crippen LogP contribution >= 0.6 is 11.3 Å². The fraction of sp³-hybridized carbons (Fsp3) is 0.143. The van der Waals surface area contributed by atoms with Crippen LogP contribution in [0.5, 0.6) is 0 Å². The van der Waals surface area contributed by atoms with Crippen LogP contribution in [0.25, 0.3) is 21.4 Å². The van der Waals surface area contributed by atoms with Crippen molar-refractivity contribution in [2.75, 3.05) is 5.32 Å². The minimum atomic E-state index is -0.341. The van der Waals surface area contributed by atoms with E-state index in [1.165, 1.54) is 11.3 Å². The quantitative estimate of drug-likeness (QED) is 0.453. The summed E-state index contributed by atoms with van der Waals surface area (Å²) < 4.78 is 5.43. The predicted octanol–water partition coefficient (Wildman–Crippen LogP) is 5.99. The van der Waals surface area contributed by atoms with Crippen LogP contribution in [-0.2, 0) is 0 Å². The Balaban J connectivity index is 0.000000948. The molecule has 132 valence electrons. The number of aromatic nitrogens is 1. The van der Waals surface area contributed by atoms with Crippen LogP contribution in [0.2, 0.25) is 0 Å². The molecule has 0 aliphatic rings. The van der Waals surface area contributed by atoms with Crippen molar-refractivity contribution in [2.45, 2.75) is 20.8 Å². The van der Waals surface area contributed by atoms with Crippen LogP contribution in [0, 0.1) is 6.92 Å². The normalized spacial score (nSPS) is 10.3. The average Bonchev–Trinajstić information content (AvgIpc) is 3.03. The lowest BCUT2D eigenvalue weighted by molar-refractivity contribution is 0.563. The molecule has 0 bridgehead atoms. The van der Waals surface area contributed by atoms with Gasteiger partial charge in [0.1, 0.15) is 5.58 Å². The number of thiazole rings is 1. The van der Waals surface area contributed by atoms with E-state index in [2.05, 4.69) is 10.3 Å². The van der Waals surface area contributed by atoms with Gasteiger partial charge in [0, 0.05) is 11.1 Å². The maximum Gasteiger partial charge on any atom is 0.345 e. The monoisotopic (exact) mass is 364 g/mol. The molecule has 0 amide bonds. The number of nitrogens with zero attached hydrogens (tertiary/aromatic N) is 1. The Bertz CT molecular complexity index is 1070. The van der Waals surface area contributed by atoms with Gasteiger partial charge in [-0.3, -0.25) is 0 Å². The number of para-hydroxylation sites is 2. The average molecular weight is 364 g/mol. The van der Waals surface area contributed by atoms with Gasteiger partial charge in [-0.15, -0.1) is 0 Å². The minimum Gasteiger partial charge on any atom is -0.422 e.